The largest absolute Gasteiger partial charge is 0.471 e. The number of carbonyl (C=O) groups excluding carboxylic acids is 5. The molecule has 220 valence electrons. The van der Waals surface area contributed by atoms with E-state index < -0.39 is 59.4 Å². The summed E-state index contributed by atoms with van der Waals surface area (Å²) in [5.41, 5.74) is 6.12. The molecule has 12 nitrogen and oxygen atoms in total. The molecule has 1 aromatic rings. The van der Waals surface area contributed by atoms with Gasteiger partial charge in [0, 0.05) is 19.0 Å². The number of halogens is 3. The number of amides is 5. The number of aryl methyl sites for hydroxylation is 1. The third kappa shape index (κ3) is 5.01. The number of nitrogens with two attached hydrogens (primary N) is 1. The molecule has 1 aromatic heterocycles. The summed E-state index contributed by atoms with van der Waals surface area (Å²) in [6, 6.07) is -3.98. The Labute approximate surface area is 228 Å². The van der Waals surface area contributed by atoms with Gasteiger partial charge in [0.1, 0.15) is 23.9 Å². The van der Waals surface area contributed by atoms with Gasteiger partial charge < -0.3 is 26.2 Å². The summed E-state index contributed by atoms with van der Waals surface area (Å²) in [4.78, 5) is 66.5. The van der Waals surface area contributed by atoms with Crippen molar-refractivity contribution in [1.29, 1.82) is 0 Å². The van der Waals surface area contributed by atoms with Crippen LogP contribution >= 0.6 is 0 Å². The van der Waals surface area contributed by atoms with E-state index in [1.54, 1.807) is 23.8 Å². The number of hydrogen-bond donors (Lipinski definition) is 3. The van der Waals surface area contributed by atoms with Crippen molar-refractivity contribution in [3.05, 3.63) is 11.3 Å². The quantitative estimate of drug-likeness (QED) is 0.432. The van der Waals surface area contributed by atoms with Crippen LogP contribution in [0.2, 0.25) is 0 Å². The first-order chi connectivity index (χ1) is 18.6. The van der Waals surface area contributed by atoms with Gasteiger partial charge in [-0.05, 0) is 44.9 Å². The highest BCUT2D eigenvalue weighted by Gasteiger charge is 2.59. The van der Waals surface area contributed by atoms with Crippen LogP contribution in [-0.2, 0) is 42.4 Å². The lowest BCUT2D eigenvalue weighted by Crippen LogP contribution is -2.57. The van der Waals surface area contributed by atoms with Crippen molar-refractivity contribution in [3.8, 4) is 0 Å². The number of fused-ring (bicyclic) bond motifs is 4. The normalized spacial score (nSPS) is 23.4. The van der Waals surface area contributed by atoms with Crippen molar-refractivity contribution < 1.29 is 37.1 Å². The molecule has 2 aliphatic heterocycles. The van der Waals surface area contributed by atoms with Crippen molar-refractivity contribution in [2.45, 2.75) is 89.1 Å². The van der Waals surface area contributed by atoms with Crippen molar-refractivity contribution in [1.82, 2.24) is 24.9 Å². The van der Waals surface area contributed by atoms with Gasteiger partial charge in [0.15, 0.2) is 5.54 Å². The Kier molecular flexibility index (Phi) is 7.62. The summed E-state index contributed by atoms with van der Waals surface area (Å²) in [6.07, 6.45) is -1.81. The fourth-order valence-corrected chi connectivity index (χ4v) is 5.86. The number of likely N-dealkylation sites (tertiary alicyclic amines) is 1. The Balaban J connectivity index is 1.63. The highest BCUT2D eigenvalue weighted by atomic mass is 19.4. The van der Waals surface area contributed by atoms with Gasteiger partial charge in [0.05, 0.1) is 12.2 Å². The molecule has 0 bridgehead atoms. The summed E-state index contributed by atoms with van der Waals surface area (Å²) >= 11 is 0. The number of alkyl halides is 3. The first-order valence-corrected chi connectivity index (χ1v) is 13.2. The van der Waals surface area contributed by atoms with E-state index in [2.05, 4.69) is 10.4 Å². The molecule has 5 amide bonds. The molecule has 2 unspecified atom stereocenters. The van der Waals surface area contributed by atoms with E-state index >= 15 is 0 Å². The monoisotopic (exact) mass is 569 g/mol. The molecule has 1 saturated heterocycles. The van der Waals surface area contributed by atoms with E-state index in [4.69, 9.17) is 5.73 Å². The van der Waals surface area contributed by atoms with Crippen LogP contribution in [0, 0.1) is 5.92 Å². The minimum absolute atomic E-state index is 0.101. The lowest BCUT2D eigenvalue weighted by Gasteiger charge is -2.35. The standard InChI is InChI=1S/C25H34F3N7O5/c1-12(2)9-16(33(4)20(37)13(3)30-23(40)25(26,27)28)21(38)34-11-24(10-17(34)18(29)36)22(39)31-19-14-7-5-6-8-15(14)32-35(19)24/h12-13,16-17H,5-11H2,1-4H3,(H2,29,36)(H,30,40)(H,31,39)/t13?,16?,17-,24+/m0/s1. The maximum absolute atomic E-state index is 14.0. The topological polar surface area (TPSA) is 160 Å². The molecular formula is C25H34F3N7O5. The Morgan fingerprint density at radius 3 is 2.45 bits per heavy atom. The lowest BCUT2D eigenvalue weighted by molar-refractivity contribution is -0.175. The zero-order valence-electron chi connectivity index (χ0n) is 22.8. The summed E-state index contributed by atoms with van der Waals surface area (Å²) in [7, 11) is 1.25. The molecule has 0 radical (unpaired) electrons. The Morgan fingerprint density at radius 1 is 1.20 bits per heavy atom. The van der Waals surface area contributed by atoms with Crippen LogP contribution in [0.25, 0.3) is 0 Å². The van der Waals surface area contributed by atoms with E-state index in [0.717, 1.165) is 48.8 Å². The number of hydrogen-bond acceptors (Lipinski definition) is 6. The van der Waals surface area contributed by atoms with Crippen molar-refractivity contribution >= 4 is 35.4 Å². The lowest BCUT2D eigenvalue weighted by atomic mass is 9.96. The van der Waals surface area contributed by atoms with Crippen LogP contribution in [0.5, 0.6) is 0 Å². The van der Waals surface area contributed by atoms with E-state index in [-0.39, 0.29) is 25.3 Å². The van der Waals surface area contributed by atoms with Crippen LogP contribution in [0.1, 0.15) is 57.7 Å². The number of nitrogens with zero attached hydrogens (tertiary/aromatic N) is 4. The van der Waals surface area contributed by atoms with E-state index in [9.17, 15) is 37.1 Å². The minimum atomic E-state index is -5.19. The van der Waals surface area contributed by atoms with Gasteiger partial charge >= 0.3 is 12.1 Å². The Hall–Kier alpha value is -3.65. The molecule has 1 aliphatic carbocycles. The number of likely N-dealkylation sites (N-methyl/N-ethyl adjacent to an activating group) is 1. The zero-order valence-corrected chi connectivity index (χ0v) is 22.8. The number of rotatable bonds is 7. The SMILES string of the molecule is CC(C)CC(C(=O)N1C[C@]2(C[C@H]1C(N)=O)C(=O)Nc1c3c(nn12)CCCC3)N(C)C(=O)C(C)NC(=O)C(F)(F)F. The third-order valence-corrected chi connectivity index (χ3v) is 7.94. The summed E-state index contributed by atoms with van der Waals surface area (Å²) < 4.78 is 39.8. The smallest absolute Gasteiger partial charge is 0.368 e. The van der Waals surface area contributed by atoms with Gasteiger partial charge in [-0.3, -0.25) is 24.0 Å². The van der Waals surface area contributed by atoms with Gasteiger partial charge in [0.2, 0.25) is 17.7 Å². The molecule has 4 rings (SSSR count). The van der Waals surface area contributed by atoms with E-state index in [1.165, 1.54) is 11.9 Å². The van der Waals surface area contributed by atoms with Gasteiger partial charge in [0.25, 0.3) is 5.91 Å². The second-order valence-corrected chi connectivity index (χ2v) is 11.3. The average Bonchev–Trinajstić information content (AvgIpc) is 3.53. The maximum atomic E-state index is 14.0. The molecule has 1 fully saturated rings. The highest BCUT2D eigenvalue weighted by molar-refractivity contribution is 6.03. The summed E-state index contributed by atoms with van der Waals surface area (Å²) in [5, 5.41) is 9.16. The predicted molar refractivity (Wildman–Crippen MR) is 134 cm³/mol. The molecule has 0 saturated carbocycles. The second kappa shape index (κ2) is 10.4. The van der Waals surface area contributed by atoms with Crippen molar-refractivity contribution in [2.24, 2.45) is 11.7 Å². The number of primary amides is 1. The summed E-state index contributed by atoms with van der Waals surface area (Å²) in [5.74, 6) is -4.75. The molecule has 4 atom stereocenters. The summed E-state index contributed by atoms with van der Waals surface area (Å²) in [6.45, 7) is 4.43. The fourth-order valence-electron chi connectivity index (χ4n) is 5.86. The number of carbonyl (C=O) groups is 5. The molecule has 3 heterocycles. The molecule has 15 heteroatoms. The van der Waals surface area contributed by atoms with Crippen LogP contribution in [-0.4, -0.2) is 87.0 Å². The molecule has 1 spiro atoms. The third-order valence-electron chi connectivity index (χ3n) is 7.94. The maximum Gasteiger partial charge on any atom is 0.471 e. The second-order valence-electron chi connectivity index (χ2n) is 11.3. The average molecular weight is 570 g/mol. The highest BCUT2D eigenvalue weighted by Crippen LogP contribution is 2.44. The van der Waals surface area contributed by atoms with E-state index in [1.807, 2.05) is 0 Å². The van der Waals surface area contributed by atoms with Crippen LogP contribution < -0.4 is 16.4 Å². The number of anilines is 1. The Morgan fingerprint density at radius 2 is 1.85 bits per heavy atom. The fraction of sp³-hybridized carbons (Fsp3) is 0.680. The molecular weight excluding hydrogens is 535 g/mol. The van der Waals surface area contributed by atoms with Crippen LogP contribution in [0.3, 0.4) is 0 Å². The zero-order chi connectivity index (χ0) is 29.7. The first kappa shape index (κ1) is 29.3. The van der Waals surface area contributed by atoms with Gasteiger partial charge in [-0.25, -0.2) is 4.68 Å². The Bertz CT molecular complexity index is 1250. The first-order valence-electron chi connectivity index (χ1n) is 13.2. The van der Waals surface area contributed by atoms with Gasteiger partial charge in [-0.15, -0.1) is 0 Å². The molecule has 3 aliphatic rings. The van der Waals surface area contributed by atoms with E-state index in [0.29, 0.717) is 5.82 Å². The van der Waals surface area contributed by atoms with Gasteiger partial charge in [-0.2, -0.15) is 18.3 Å². The number of nitrogens with one attached hydrogen (secondary N) is 2. The van der Waals surface area contributed by atoms with Crippen LogP contribution in [0.4, 0.5) is 19.0 Å². The van der Waals surface area contributed by atoms with Crippen molar-refractivity contribution in [2.75, 3.05) is 18.9 Å². The number of aromatic nitrogens is 2. The van der Waals surface area contributed by atoms with Gasteiger partial charge in [-0.1, -0.05) is 13.8 Å². The van der Waals surface area contributed by atoms with Crippen LogP contribution in [0.15, 0.2) is 0 Å². The predicted octanol–water partition coefficient (Wildman–Crippen LogP) is 0.436. The van der Waals surface area contributed by atoms with Crippen molar-refractivity contribution in [3.63, 3.8) is 0 Å². The molecule has 0 aromatic carbocycles. The molecule has 4 N–H and O–H groups in total. The minimum Gasteiger partial charge on any atom is -0.368 e. The molecule has 40 heavy (non-hydrogen) atoms.